The van der Waals surface area contributed by atoms with Gasteiger partial charge in [-0.05, 0) is 36.8 Å². The van der Waals surface area contributed by atoms with Crippen molar-refractivity contribution in [2.75, 3.05) is 5.32 Å². The zero-order valence-corrected chi connectivity index (χ0v) is 11.5. The van der Waals surface area contributed by atoms with Gasteiger partial charge in [-0.2, -0.15) is 5.10 Å². The molecule has 0 aliphatic heterocycles. The largest absolute Gasteiger partial charge is 0.311 e. The number of rotatable bonds is 3. The second-order valence-electron chi connectivity index (χ2n) is 4.25. The van der Waals surface area contributed by atoms with E-state index in [-0.39, 0.29) is 5.91 Å². The summed E-state index contributed by atoms with van der Waals surface area (Å²) in [5.41, 5.74) is 2.57. The van der Waals surface area contributed by atoms with Crippen LogP contribution in [0.25, 0.3) is 5.69 Å². The number of benzene rings is 1. The van der Waals surface area contributed by atoms with Crippen LogP contribution >= 0.6 is 11.5 Å². The van der Waals surface area contributed by atoms with Gasteiger partial charge in [0.2, 0.25) is 0 Å². The van der Waals surface area contributed by atoms with E-state index in [1.165, 1.54) is 6.20 Å². The highest BCUT2D eigenvalue weighted by Crippen LogP contribution is 2.14. The Balaban J connectivity index is 1.77. The van der Waals surface area contributed by atoms with Gasteiger partial charge in [-0.3, -0.25) is 4.79 Å². The molecule has 100 valence electrons. The van der Waals surface area contributed by atoms with Crippen molar-refractivity contribution in [2.24, 2.45) is 0 Å². The molecule has 0 aliphatic carbocycles. The van der Waals surface area contributed by atoms with Crippen molar-refractivity contribution in [1.82, 2.24) is 19.4 Å². The van der Waals surface area contributed by atoms with Crippen molar-refractivity contribution < 1.29 is 4.79 Å². The number of nitrogens with zero attached hydrogens (tertiary/aromatic N) is 4. The molecule has 0 radical (unpaired) electrons. The lowest BCUT2D eigenvalue weighted by Gasteiger charge is -2.04. The predicted molar refractivity (Wildman–Crippen MR) is 76.2 cm³/mol. The first-order chi connectivity index (χ1) is 9.72. The third-order valence-electron chi connectivity index (χ3n) is 2.70. The first kappa shape index (κ1) is 12.5. The quantitative estimate of drug-likeness (QED) is 0.801. The van der Waals surface area contributed by atoms with E-state index in [1.807, 2.05) is 25.3 Å². The Morgan fingerprint density at radius 2 is 2.05 bits per heavy atom. The van der Waals surface area contributed by atoms with Gasteiger partial charge in [0, 0.05) is 23.3 Å². The summed E-state index contributed by atoms with van der Waals surface area (Å²) in [5, 5.41) is 11.3. The number of amides is 1. The summed E-state index contributed by atoms with van der Waals surface area (Å²) >= 11 is 1.14. The van der Waals surface area contributed by atoms with Gasteiger partial charge in [0.25, 0.3) is 5.91 Å². The van der Waals surface area contributed by atoms with Gasteiger partial charge in [-0.1, -0.05) is 4.49 Å². The van der Waals surface area contributed by atoms with Crippen LogP contribution in [0.2, 0.25) is 0 Å². The second kappa shape index (κ2) is 5.22. The highest BCUT2D eigenvalue weighted by molar-refractivity contribution is 7.10. The molecule has 3 aromatic rings. The molecule has 3 rings (SSSR count). The molecule has 6 nitrogen and oxygen atoms in total. The summed E-state index contributed by atoms with van der Waals surface area (Å²) in [6, 6.07) is 7.23. The first-order valence-corrected chi connectivity index (χ1v) is 6.70. The molecule has 0 saturated heterocycles. The van der Waals surface area contributed by atoms with Crippen molar-refractivity contribution in [3.05, 3.63) is 54.0 Å². The molecule has 2 heterocycles. The van der Waals surface area contributed by atoms with Crippen molar-refractivity contribution in [3.8, 4) is 5.69 Å². The Morgan fingerprint density at radius 3 is 2.65 bits per heavy atom. The molecule has 1 N–H and O–H groups in total. The lowest BCUT2D eigenvalue weighted by molar-refractivity contribution is 0.102. The van der Waals surface area contributed by atoms with E-state index >= 15 is 0 Å². The van der Waals surface area contributed by atoms with Crippen LogP contribution in [0.5, 0.6) is 0 Å². The Labute approximate surface area is 119 Å². The third-order valence-corrected chi connectivity index (χ3v) is 3.28. The van der Waals surface area contributed by atoms with Gasteiger partial charge in [-0.25, -0.2) is 4.68 Å². The first-order valence-electron chi connectivity index (χ1n) is 5.93. The van der Waals surface area contributed by atoms with Crippen LogP contribution in [0.1, 0.15) is 15.9 Å². The van der Waals surface area contributed by atoms with Gasteiger partial charge in [-0.15, -0.1) is 5.10 Å². The number of aromatic nitrogens is 4. The summed E-state index contributed by atoms with van der Waals surface area (Å²) in [6.45, 7) is 1.98. The van der Waals surface area contributed by atoms with Crippen LogP contribution in [-0.2, 0) is 0 Å². The molecule has 0 bridgehead atoms. The summed E-state index contributed by atoms with van der Waals surface area (Å²) in [6.07, 6.45) is 5.24. The standard InChI is InChI=1S/C13H11N5OS/c1-9-6-15-18(8-9)11-4-2-10(3-5-11)13(19)16-12-7-14-17-20-12/h2-8H,1H3,(H,16,19). The zero-order valence-electron chi connectivity index (χ0n) is 10.6. The number of carbonyl (C=O) groups is 1. The van der Waals surface area contributed by atoms with Crippen molar-refractivity contribution in [1.29, 1.82) is 0 Å². The fourth-order valence-electron chi connectivity index (χ4n) is 1.73. The maximum absolute atomic E-state index is 12.0. The highest BCUT2D eigenvalue weighted by Gasteiger charge is 2.08. The van der Waals surface area contributed by atoms with E-state index in [4.69, 9.17) is 0 Å². The molecule has 7 heteroatoms. The number of hydrogen-bond acceptors (Lipinski definition) is 5. The minimum absolute atomic E-state index is 0.181. The SMILES string of the molecule is Cc1cnn(-c2ccc(C(=O)Nc3cnns3)cc2)c1. The van der Waals surface area contributed by atoms with Gasteiger partial charge in [0.05, 0.1) is 18.1 Å². The summed E-state index contributed by atoms with van der Waals surface area (Å²) in [5.74, 6) is -0.181. The van der Waals surface area contributed by atoms with Crippen LogP contribution in [0, 0.1) is 6.92 Å². The van der Waals surface area contributed by atoms with Crippen LogP contribution in [-0.4, -0.2) is 25.3 Å². The van der Waals surface area contributed by atoms with E-state index in [0.717, 1.165) is 22.8 Å². The average molecular weight is 285 g/mol. The average Bonchev–Trinajstić information content (AvgIpc) is 3.10. The molecular weight excluding hydrogens is 274 g/mol. The third kappa shape index (κ3) is 2.57. The summed E-state index contributed by atoms with van der Waals surface area (Å²) in [4.78, 5) is 12.0. The van der Waals surface area contributed by atoms with E-state index in [2.05, 4.69) is 20.0 Å². The number of aryl methyl sites for hydroxylation is 1. The van der Waals surface area contributed by atoms with E-state index in [1.54, 1.807) is 23.0 Å². The monoisotopic (exact) mass is 285 g/mol. The van der Waals surface area contributed by atoms with Gasteiger partial charge in [0.1, 0.15) is 5.00 Å². The van der Waals surface area contributed by atoms with E-state index < -0.39 is 0 Å². The van der Waals surface area contributed by atoms with Gasteiger partial charge < -0.3 is 5.32 Å². The van der Waals surface area contributed by atoms with E-state index in [9.17, 15) is 4.79 Å². The Morgan fingerprint density at radius 1 is 1.25 bits per heavy atom. The molecule has 0 fully saturated rings. The second-order valence-corrected chi connectivity index (χ2v) is 5.03. The minimum Gasteiger partial charge on any atom is -0.311 e. The molecule has 1 aromatic carbocycles. The number of hydrogen-bond donors (Lipinski definition) is 1. The van der Waals surface area contributed by atoms with Crippen molar-refractivity contribution >= 4 is 22.4 Å². The molecule has 20 heavy (non-hydrogen) atoms. The Hall–Kier alpha value is -2.54. The van der Waals surface area contributed by atoms with Crippen molar-refractivity contribution in [2.45, 2.75) is 6.92 Å². The van der Waals surface area contributed by atoms with Crippen LogP contribution in [0.4, 0.5) is 5.00 Å². The smallest absolute Gasteiger partial charge is 0.256 e. The number of nitrogens with one attached hydrogen (secondary N) is 1. The minimum atomic E-state index is -0.181. The van der Waals surface area contributed by atoms with Gasteiger partial charge in [0.15, 0.2) is 0 Å². The van der Waals surface area contributed by atoms with Crippen LogP contribution in [0.3, 0.4) is 0 Å². The molecule has 0 atom stereocenters. The Kier molecular flexibility index (Phi) is 3.26. The topological polar surface area (TPSA) is 72.7 Å². The fraction of sp³-hybridized carbons (Fsp3) is 0.0769. The summed E-state index contributed by atoms with van der Waals surface area (Å²) < 4.78 is 5.46. The normalized spacial score (nSPS) is 10.4. The Bertz CT molecular complexity index is 718. The molecular formula is C13H11N5OS. The number of anilines is 1. The van der Waals surface area contributed by atoms with Gasteiger partial charge >= 0.3 is 0 Å². The molecule has 2 aromatic heterocycles. The maximum Gasteiger partial charge on any atom is 0.256 e. The highest BCUT2D eigenvalue weighted by atomic mass is 32.1. The maximum atomic E-state index is 12.0. The van der Waals surface area contributed by atoms with Crippen LogP contribution in [0.15, 0.2) is 42.9 Å². The van der Waals surface area contributed by atoms with Crippen molar-refractivity contribution in [3.63, 3.8) is 0 Å². The number of carbonyl (C=O) groups excluding carboxylic acids is 1. The lowest BCUT2D eigenvalue weighted by atomic mass is 10.2. The molecule has 0 unspecified atom stereocenters. The summed E-state index contributed by atoms with van der Waals surface area (Å²) in [7, 11) is 0. The molecule has 0 saturated carbocycles. The molecule has 0 aliphatic rings. The van der Waals surface area contributed by atoms with E-state index in [0.29, 0.717) is 10.6 Å². The fourth-order valence-corrected chi connectivity index (χ4v) is 2.14. The zero-order chi connectivity index (χ0) is 13.9. The van der Waals surface area contributed by atoms with Crippen LogP contribution < -0.4 is 5.32 Å². The molecule has 0 spiro atoms. The predicted octanol–water partition coefficient (Wildman–Crippen LogP) is 2.28. The lowest BCUT2D eigenvalue weighted by Crippen LogP contribution is -2.10. The molecule has 1 amide bonds.